The maximum Gasteiger partial charge on any atom is 0.416 e. The summed E-state index contributed by atoms with van der Waals surface area (Å²) in [5.74, 6) is -0.551. The number of rotatable bonds is 6. The minimum atomic E-state index is -4.51. The lowest BCUT2D eigenvalue weighted by atomic mass is 10.0. The van der Waals surface area contributed by atoms with Crippen molar-refractivity contribution in [2.75, 3.05) is 5.32 Å². The van der Waals surface area contributed by atoms with Crippen molar-refractivity contribution in [1.29, 1.82) is 0 Å². The van der Waals surface area contributed by atoms with Gasteiger partial charge in [0.05, 0.1) is 10.5 Å². The fourth-order valence-corrected chi connectivity index (χ4v) is 4.11. The molecule has 0 saturated carbocycles. The number of nitrogens with zero attached hydrogens (tertiary/aromatic N) is 2. The van der Waals surface area contributed by atoms with Gasteiger partial charge in [-0.1, -0.05) is 26.0 Å². The quantitative estimate of drug-likeness (QED) is 0.579. The fourth-order valence-electron chi connectivity index (χ4n) is 2.92. The Morgan fingerprint density at radius 3 is 2.15 bits per heavy atom. The predicted molar refractivity (Wildman–Crippen MR) is 115 cm³/mol. The van der Waals surface area contributed by atoms with Gasteiger partial charge >= 0.3 is 6.18 Å². The van der Waals surface area contributed by atoms with Gasteiger partial charge in [-0.15, -0.1) is 0 Å². The standard InChI is InChI=1S/C22H20F3N3O4S/c1-14(2)15-3-9-18(10-4-15)33(31,32)20-11-12-21(30)28(27-20)13-19(29)26-17-7-5-16(6-8-17)22(23,24)25/h3-12,14H,13H2,1-2H3,(H,26,29). The zero-order valence-corrected chi connectivity index (χ0v) is 18.4. The fraction of sp³-hybridized carbons (Fsp3) is 0.227. The van der Waals surface area contributed by atoms with Crippen LogP contribution in [-0.2, 0) is 27.4 Å². The zero-order valence-electron chi connectivity index (χ0n) is 17.6. The summed E-state index contributed by atoms with van der Waals surface area (Å²) >= 11 is 0. The number of halogens is 3. The number of aromatic nitrogens is 2. The van der Waals surface area contributed by atoms with Gasteiger partial charge in [-0.3, -0.25) is 9.59 Å². The van der Waals surface area contributed by atoms with Crippen LogP contribution in [0, 0.1) is 0 Å². The Labute approximate surface area is 187 Å². The number of alkyl halides is 3. The van der Waals surface area contributed by atoms with E-state index in [1.54, 1.807) is 12.1 Å². The Balaban J connectivity index is 1.79. The molecular formula is C22H20F3N3O4S. The van der Waals surface area contributed by atoms with Crippen LogP contribution in [0.15, 0.2) is 75.4 Å². The van der Waals surface area contributed by atoms with Gasteiger partial charge in [0, 0.05) is 11.8 Å². The van der Waals surface area contributed by atoms with Crippen molar-refractivity contribution in [3.63, 3.8) is 0 Å². The lowest BCUT2D eigenvalue weighted by Gasteiger charge is -2.11. The van der Waals surface area contributed by atoms with Gasteiger partial charge in [-0.2, -0.15) is 18.3 Å². The molecule has 0 unspecified atom stereocenters. The second-order valence-corrected chi connectivity index (χ2v) is 9.41. The van der Waals surface area contributed by atoms with E-state index < -0.39 is 44.6 Å². The third-order valence-electron chi connectivity index (χ3n) is 4.76. The number of hydrogen-bond donors (Lipinski definition) is 1. The first-order chi connectivity index (χ1) is 15.4. The highest BCUT2D eigenvalue weighted by atomic mass is 32.2. The first-order valence-electron chi connectivity index (χ1n) is 9.78. The van der Waals surface area contributed by atoms with Crippen LogP contribution in [0.1, 0.15) is 30.9 Å². The van der Waals surface area contributed by atoms with E-state index in [2.05, 4.69) is 10.4 Å². The van der Waals surface area contributed by atoms with E-state index in [4.69, 9.17) is 0 Å². The predicted octanol–water partition coefficient (Wildman–Crippen LogP) is 3.86. The first-order valence-corrected chi connectivity index (χ1v) is 11.3. The Morgan fingerprint density at radius 1 is 1.00 bits per heavy atom. The van der Waals surface area contributed by atoms with Crippen LogP contribution in [0.2, 0.25) is 0 Å². The molecule has 2 aromatic carbocycles. The molecule has 11 heteroatoms. The molecule has 3 rings (SSSR count). The molecule has 0 aliphatic heterocycles. The van der Waals surface area contributed by atoms with Gasteiger partial charge in [0.1, 0.15) is 6.54 Å². The van der Waals surface area contributed by atoms with Crippen LogP contribution in [0.3, 0.4) is 0 Å². The van der Waals surface area contributed by atoms with Crippen molar-refractivity contribution in [1.82, 2.24) is 9.78 Å². The monoisotopic (exact) mass is 479 g/mol. The van der Waals surface area contributed by atoms with Gasteiger partial charge in [0.25, 0.3) is 5.56 Å². The summed E-state index contributed by atoms with van der Waals surface area (Å²) in [4.78, 5) is 24.3. The average Bonchev–Trinajstić information content (AvgIpc) is 2.75. The van der Waals surface area contributed by atoms with E-state index in [1.165, 1.54) is 12.1 Å². The maximum atomic E-state index is 12.9. The van der Waals surface area contributed by atoms with Crippen molar-refractivity contribution in [2.45, 2.75) is 42.4 Å². The smallest absolute Gasteiger partial charge is 0.324 e. The Hall–Kier alpha value is -3.47. The van der Waals surface area contributed by atoms with Gasteiger partial charge in [-0.05, 0) is 53.9 Å². The van der Waals surface area contributed by atoms with E-state index >= 15 is 0 Å². The number of hydrogen-bond acceptors (Lipinski definition) is 5. The molecule has 0 aliphatic rings. The number of amides is 1. The summed E-state index contributed by atoms with van der Waals surface area (Å²) in [6, 6.07) is 12.0. The summed E-state index contributed by atoms with van der Waals surface area (Å²) in [7, 11) is -4.04. The number of carbonyl (C=O) groups excluding carboxylic acids is 1. The molecule has 1 N–H and O–H groups in total. The molecule has 0 atom stereocenters. The molecule has 7 nitrogen and oxygen atoms in total. The molecule has 0 radical (unpaired) electrons. The van der Waals surface area contributed by atoms with Crippen molar-refractivity contribution in [2.24, 2.45) is 0 Å². The normalized spacial score (nSPS) is 12.1. The topological polar surface area (TPSA) is 98.1 Å². The molecule has 0 spiro atoms. The molecule has 0 bridgehead atoms. The summed E-state index contributed by atoms with van der Waals surface area (Å²) < 4.78 is 64.4. The molecule has 1 aromatic heterocycles. The van der Waals surface area contributed by atoms with E-state index in [0.717, 1.165) is 42.0 Å². The number of anilines is 1. The maximum absolute atomic E-state index is 12.9. The number of sulfone groups is 1. The summed E-state index contributed by atoms with van der Waals surface area (Å²) in [5, 5.41) is 5.74. The second kappa shape index (κ2) is 9.18. The third-order valence-corrected chi connectivity index (χ3v) is 6.43. The molecule has 0 aliphatic carbocycles. The third kappa shape index (κ3) is 5.67. The van der Waals surface area contributed by atoms with Gasteiger partial charge < -0.3 is 5.32 Å². The van der Waals surface area contributed by atoms with E-state index in [9.17, 15) is 31.2 Å². The van der Waals surface area contributed by atoms with Crippen LogP contribution in [0.25, 0.3) is 0 Å². The highest BCUT2D eigenvalue weighted by Gasteiger charge is 2.30. The lowest BCUT2D eigenvalue weighted by molar-refractivity contribution is -0.137. The Kier molecular flexibility index (Phi) is 6.73. The van der Waals surface area contributed by atoms with Crippen LogP contribution >= 0.6 is 0 Å². The molecule has 1 amide bonds. The van der Waals surface area contributed by atoms with Crippen molar-refractivity contribution in [3.05, 3.63) is 82.1 Å². The van der Waals surface area contributed by atoms with E-state index in [-0.39, 0.29) is 16.5 Å². The van der Waals surface area contributed by atoms with Crippen molar-refractivity contribution in [3.8, 4) is 0 Å². The number of benzene rings is 2. The van der Waals surface area contributed by atoms with Gasteiger partial charge in [0.15, 0.2) is 5.03 Å². The Bertz CT molecular complexity index is 1310. The van der Waals surface area contributed by atoms with Crippen LogP contribution in [0.5, 0.6) is 0 Å². The molecule has 0 saturated heterocycles. The summed E-state index contributed by atoms with van der Waals surface area (Å²) in [5.41, 5.74) is -0.564. The molecule has 3 aromatic rings. The first kappa shape index (κ1) is 24.2. The summed E-state index contributed by atoms with van der Waals surface area (Å²) in [6.45, 7) is 3.31. The number of carbonyl (C=O) groups is 1. The van der Waals surface area contributed by atoms with Gasteiger partial charge in [0.2, 0.25) is 15.7 Å². The Morgan fingerprint density at radius 2 is 1.61 bits per heavy atom. The lowest BCUT2D eigenvalue weighted by Crippen LogP contribution is -2.30. The van der Waals surface area contributed by atoms with Crippen molar-refractivity contribution >= 4 is 21.4 Å². The highest BCUT2D eigenvalue weighted by molar-refractivity contribution is 7.91. The molecule has 174 valence electrons. The van der Waals surface area contributed by atoms with Crippen molar-refractivity contribution < 1.29 is 26.4 Å². The second-order valence-electron chi connectivity index (χ2n) is 7.52. The van der Waals surface area contributed by atoms with E-state index in [0.29, 0.717) is 4.68 Å². The zero-order chi connectivity index (χ0) is 24.4. The van der Waals surface area contributed by atoms with E-state index in [1.807, 2.05) is 13.8 Å². The minimum Gasteiger partial charge on any atom is -0.324 e. The highest BCUT2D eigenvalue weighted by Crippen LogP contribution is 2.29. The average molecular weight is 479 g/mol. The summed E-state index contributed by atoms with van der Waals surface area (Å²) in [6.07, 6.45) is -4.51. The largest absolute Gasteiger partial charge is 0.416 e. The van der Waals surface area contributed by atoms with Crippen LogP contribution in [0.4, 0.5) is 18.9 Å². The van der Waals surface area contributed by atoms with Crippen LogP contribution in [-0.4, -0.2) is 24.1 Å². The SMILES string of the molecule is CC(C)c1ccc(S(=O)(=O)c2ccc(=O)n(CC(=O)Nc3ccc(C(F)(F)F)cc3)n2)cc1. The molecule has 1 heterocycles. The van der Waals surface area contributed by atoms with Crippen LogP contribution < -0.4 is 10.9 Å². The van der Waals surface area contributed by atoms with Gasteiger partial charge in [-0.25, -0.2) is 13.1 Å². The molecule has 0 fully saturated rings. The number of nitrogens with one attached hydrogen (secondary N) is 1. The minimum absolute atomic E-state index is 0.0150. The molecular weight excluding hydrogens is 459 g/mol. The molecule has 33 heavy (non-hydrogen) atoms.